The Labute approximate surface area is 128 Å². The van der Waals surface area contributed by atoms with E-state index in [1.165, 1.54) is 0 Å². The molecule has 21 heavy (non-hydrogen) atoms. The van der Waals surface area contributed by atoms with Gasteiger partial charge in [-0.15, -0.1) is 0 Å². The van der Waals surface area contributed by atoms with Crippen LogP contribution in [0.1, 0.15) is 19.3 Å². The molecule has 0 heterocycles. The summed E-state index contributed by atoms with van der Waals surface area (Å²) >= 11 is 6.05. The third-order valence-corrected chi connectivity index (χ3v) is 3.97. The standard InChI is InChI=1S/C17H16ClNO2/c18-15-6-1-2-7-16(15)21-14-10-8-13(9-11-14)19-17(20)12-4-3-5-12/h1-2,6-12H,3-5H2,(H,19,20). The molecule has 1 saturated carbocycles. The summed E-state index contributed by atoms with van der Waals surface area (Å²) in [5, 5.41) is 3.50. The Balaban J connectivity index is 1.64. The van der Waals surface area contributed by atoms with Crippen LogP contribution >= 0.6 is 11.6 Å². The molecule has 3 nitrogen and oxygen atoms in total. The molecule has 0 spiro atoms. The summed E-state index contributed by atoms with van der Waals surface area (Å²) in [7, 11) is 0. The van der Waals surface area contributed by atoms with Gasteiger partial charge in [0.2, 0.25) is 5.91 Å². The minimum Gasteiger partial charge on any atom is -0.456 e. The number of amides is 1. The zero-order chi connectivity index (χ0) is 14.7. The molecule has 0 saturated heterocycles. The zero-order valence-electron chi connectivity index (χ0n) is 11.5. The molecule has 0 radical (unpaired) electrons. The van der Waals surface area contributed by atoms with Crippen molar-refractivity contribution >= 4 is 23.2 Å². The summed E-state index contributed by atoms with van der Waals surface area (Å²) < 4.78 is 5.70. The van der Waals surface area contributed by atoms with Crippen LogP contribution in [-0.2, 0) is 4.79 Å². The van der Waals surface area contributed by atoms with E-state index in [1.54, 1.807) is 6.07 Å². The third-order valence-electron chi connectivity index (χ3n) is 3.66. The predicted molar refractivity (Wildman–Crippen MR) is 83.9 cm³/mol. The van der Waals surface area contributed by atoms with Gasteiger partial charge in [0.25, 0.3) is 0 Å². The number of para-hydroxylation sites is 1. The molecule has 0 aromatic heterocycles. The molecule has 3 rings (SSSR count). The molecule has 1 amide bonds. The molecule has 1 N–H and O–H groups in total. The van der Waals surface area contributed by atoms with Gasteiger partial charge in [-0.3, -0.25) is 4.79 Å². The number of benzene rings is 2. The Morgan fingerprint density at radius 3 is 2.43 bits per heavy atom. The fourth-order valence-corrected chi connectivity index (χ4v) is 2.35. The molecule has 0 aliphatic heterocycles. The van der Waals surface area contributed by atoms with Gasteiger partial charge in [-0.1, -0.05) is 30.2 Å². The first-order valence-corrected chi connectivity index (χ1v) is 7.43. The number of anilines is 1. The van der Waals surface area contributed by atoms with Crippen LogP contribution in [0.15, 0.2) is 48.5 Å². The average molecular weight is 302 g/mol. The highest BCUT2D eigenvalue weighted by Gasteiger charge is 2.24. The molecular weight excluding hydrogens is 286 g/mol. The lowest BCUT2D eigenvalue weighted by atomic mass is 9.85. The fraction of sp³-hybridized carbons (Fsp3) is 0.235. The normalized spacial score (nSPS) is 14.3. The molecule has 2 aromatic rings. The van der Waals surface area contributed by atoms with Crippen molar-refractivity contribution in [2.45, 2.75) is 19.3 Å². The Hall–Kier alpha value is -2.00. The number of carbonyl (C=O) groups excluding carboxylic acids is 1. The van der Waals surface area contributed by atoms with Crippen LogP contribution in [0.4, 0.5) is 5.69 Å². The first kappa shape index (κ1) is 14.0. The average Bonchev–Trinajstić information content (AvgIpc) is 2.41. The molecular formula is C17H16ClNO2. The predicted octanol–water partition coefficient (Wildman–Crippen LogP) is 4.87. The minimum atomic E-state index is 0.112. The molecule has 1 aliphatic carbocycles. The minimum absolute atomic E-state index is 0.112. The molecule has 4 heteroatoms. The first-order valence-electron chi connectivity index (χ1n) is 7.06. The van der Waals surface area contributed by atoms with E-state index in [0.29, 0.717) is 16.5 Å². The first-order chi connectivity index (χ1) is 10.2. The Bertz CT molecular complexity index is 635. The van der Waals surface area contributed by atoms with E-state index in [1.807, 2.05) is 42.5 Å². The SMILES string of the molecule is O=C(Nc1ccc(Oc2ccccc2Cl)cc1)C1CCC1. The maximum atomic E-state index is 11.9. The highest BCUT2D eigenvalue weighted by Crippen LogP contribution is 2.30. The molecule has 108 valence electrons. The summed E-state index contributed by atoms with van der Waals surface area (Å²) in [6, 6.07) is 14.6. The van der Waals surface area contributed by atoms with Crippen molar-refractivity contribution in [2.75, 3.05) is 5.32 Å². The second-order valence-corrected chi connectivity index (χ2v) is 5.58. The summed E-state index contributed by atoms with van der Waals surface area (Å²) in [5.41, 5.74) is 0.790. The molecule has 1 fully saturated rings. The van der Waals surface area contributed by atoms with Crippen molar-refractivity contribution in [1.29, 1.82) is 0 Å². The van der Waals surface area contributed by atoms with Crippen LogP contribution in [-0.4, -0.2) is 5.91 Å². The maximum Gasteiger partial charge on any atom is 0.227 e. The van der Waals surface area contributed by atoms with E-state index in [2.05, 4.69) is 5.32 Å². The monoisotopic (exact) mass is 301 g/mol. The Morgan fingerprint density at radius 2 is 1.81 bits per heavy atom. The summed E-state index contributed by atoms with van der Waals surface area (Å²) in [6.07, 6.45) is 3.15. The van der Waals surface area contributed by atoms with Crippen LogP contribution in [0.3, 0.4) is 0 Å². The van der Waals surface area contributed by atoms with Crippen LogP contribution < -0.4 is 10.1 Å². The number of nitrogens with one attached hydrogen (secondary N) is 1. The third kappa shape index (κ3) is 3.37. The van der Waals surface area contributed by atoms with Gasteiger partial charge in [0.1, 0.15) is 11.5 Å². The van der Waals surface area contributed by atoms with Gasteiger partial charge < -0.3 is 10.1 Å². The smallest absolute Gasteiger partial charge is 0.227 e. The van der Waals surface area contributed by atoms with Crippen molar-refractivity contribution in [3.05, 3.63) is 53.6 Å². The van der Waals surface area contributed by atoms with Gasteiger partial charge in [0.05, 0.1) is 5.02 Å². The molecule has 2 aromatic carbocycles. The second kappa shape index (κ2) is 6.19. The van der Waals surface area contributed by atoms with E-state index < -0.39 is 0 Å². The van der Waals surface area contributed by atoms with Crippen molar-refractivity contribution < 1.29 is 9.53 Å². The van der Waals surface area contributed by atoms with Crippen molar-refractivity contribution in [3.63, 3.8) is 0 Å². The van der Waals surface area contributed by atoms with Crippen LogP contribution in [0, 0.1) is 5.92 Å². The summed E-state index contributed by atoms with van der Waals surface area (Å²) in [6.45, 7) is 0. The molecule has 0 unspecified atom stereocenters. The topological polar surface area (TPSA) is 38.3 Å². The molecule has 0 atom stereocenters. The van der Waals surface area contributed by atoms with Crippen LogP contribution in [0.5, 0.6) is 11.5 Å². The van der Waals surface area contributed by atoms with E-state index in [-0.39, 0.29) is 11.8 Å². The van der Waals surface area contributed by atoms with Crippen molar-refractivity contribution in [1.82, 2.24) is 0 Å². The number of ether oxygens (including phenoxy) is 1. The van der Waals surface area contributed by atoms with Gasteiger partial charge >= 0.3 is 0 Å². The van der Waals surface area contributed by atoms with Gasteiger partial charge in [0.15, 0.2) is 0 Å². The van der Waals surface area contributed by atoms with Crippen LogP contribution in [0.25, 0.3) is 0 Å². The fourth-order valence-electron chi connectivity index (χ4n) is 2.18. The van der Waals surface area contributed by atoms with E-state index in [4.69, 9.17) is 16.3 Å². The Morgan fingerprint density at radius 1 is 1.10 bits per heavy atom. The van der Waals surface area contributed by atoms with Crippen molar-refractivity contribution in [2.24, 2.45) is 5.92 Å². The summed E-state index contributed by atoms with van der Waals surface area (Å²) in [4.78, 5) is 11.9. The highest BCUT2D eigenvalue weighted by atomic mass is 35.5. The Kier molecular flexibility index (Phi) is 4.11. The second-order valence-electron chi connectivity index (χ2n) is 5.17. The van der Waals surface area contributed by atoms with E-state index in [9.17, 15) is 4.79 Å². The van der Waals surface area contributed by atoms with E-state index >= 15 is 0 Å². The number of rotatable bonds is 4. The molecule has 0 bridgehead atoms. The lowest BCUT2D eigenvalue weighted by Crippen LogP contribution is -2.27. The molecule has 1 aliphatic rings. The van der Waals surface area contributed by atoms with Crippen molar-refractivity contribution in [3.8, 4) is 11.5 Å². The maximum absolute atomic E-state index is 11.9. The van der Waals surface area contributed by atoms with Gasteiger partial charge in [-0.05, 0) is 49.2 Å². The quantitative estimate of drug-likeness (QED) is 0.875. The number of carbonyl (C=O) groups is 1. The van der Waals surface area contributed by atoms with Gasteiger partial charge in [0, 0.05) is 11.6 Å². The highest BCUT2D eigenvalue weighted by molar-refractivity contribution is 6.32. The van der Waals surface area contributed by atoms with Crippen LogP contribution in [0.2, 0.25) is 5.02 Å². The summed E-state index contributed by atoms with van der Waals surface area (Å²) in [5.74, 6) is 1.60. The lowest BCUT2D eigenvalue weighted by Gasteiger charge is -2.24. The largest absolute Gasteiger partial charge is 0.456 e. The number of hydrogen-bond donors (Lipinski definition) is 1. The number of hydrogen-bond acceptors (Lipinski definition) is 2. The van der Waals surface area contributed by atoms with Gasteiger partial charge in [-0.25, -0.2) is 0 Å². The number of halogens is 1. The van der Waals surface area contributed by atoms with Gasteiger partial charge in [-0.2, -0.15) is 0 Å². The lowest BCUT2D eigenvalue weighted by molar-refractivity contribution is -0.122. The zero-order valence-corrected chi connectivity index (χ0v) is 12.3. The van der Waals surface area contributed by atoms with E-state index in [0.717, 1.165) is 24.9 Å².